The van der Waals surface area contributed by atoms with Crippen LogP contribution in [0, 0.1) is 5.92 Å². The second-order valence-corrected chi connectivity index (χ2v) is 7.62. The maximum atomic E-state index is 13.8. The Morgan fingerprint density at radius 1 is 1.30 bits per heavy atom. The Morgan fingerprint density at radius 2 is 2.00 bits per heavy atom. The van der Waals surface area contributed by atoms with Gasteiger partial charge in [0.1, 0.15) is 0 Å². The predicted octanol–water partition coefficient (Wildman–Crippen LogP) is 3.31. The Labute approximate surface area is 173 Å². The van der Waals surface area contributed by atoms with E-state index in [1.807, 2.05) is 18.7 Å². The molecule has 1 aliphatic rings. The molecular weight excluding hydrogens is 397 g/mol. The molecule has 1 aliphatic heterocycles. The lowest BCUT2D eigenvalue weighted by atomic mass is 10.0. The zero-order valence-electron chi connectivity index (χ0n) is 17.2. The van der Waals surface area contributed by atoms with Crippen LogP contribution < -0.4 is 10.2 Å². The van der Waals surface area contributed by atoms with Gasteiger partial charge in [0.05, 0.1) is 12.7 Å². The van der Waals surface area contributed by atoms with Gasteiger partial charge in [-0.25, -0.2) is 14.8 Å². The molecule has 1 atom stereocenters. The largest absolute Gasteiger partial charge is 0.465 e. The van der Waals surface area contributed by atoms with Crippen molar-refractivity contribution in [3.05, 3.63) is 52.8 Å². The Bertz CT molecular complexity index is 885. The molecule has 2 heterocycles. The van der Waals surface area contributed by atoms with Gasteiger partial charge in [0.2, 0.25) is 5.95 Å². The first-order chi connectivity index (χ1) is 14.2. The lowest BCUT2D eigenvalue weighted by Gasteiger charge is -2.38. The second-order valence-electron chi connectivity index (χ2n) is 7.62. The van der Waals surface area contributed by atoms with Gasteiger partial charge in [-0.2, -0.15) is 13.2 Å². The van der Waals surface area contributed by atoms with Crippen LogP contribution in [0.4, 0.5) is 19.1 Å². The SMILES string of the molecule is COC(=O)c1ccc(Cc2cnc(N3CCNCC3C(C)C)nc2C(F)(F)F)cc1. The molecule has 0 bridgehead atoms. The van der Waals surface area contributed by atoms with E-state index in [0.717, 1.165) is 0 Å². The normalized spacial score (nSPS) is 17.3. The number of nitrogens with one attached hydrogen (secondary N) is 1. The van der Waals surface area contributed by atoms with E-state index in [-0.39, 0.29) is 29.9 Å². The minimum atomic E-state index is -4.60. The molecular formula is C21H25F3N4O2. The Kier molecular flexibility index (Phi) is 6.60. The number of piperazine rings is 1. The number of carbonyl (C=O) groups is 1. The van der Waals surface area contributed by atoms with Crippen molar-refractivity contribution in [2.75, 3.05) is 31.6 Å². The quantitative estimate of drug-likeness (QED) is 0.746. The molecule has 0 aliphatic carbocycles. The summed E-state index contributed by atoms with van der Waals surface area (Å²) in [5.41, 5.74) is 0.0212. The average molecular weight is 422 g/mol. The van der Waals surface area contributed by atoms with Crippen LogP contribution in [0.2, 0.25) is 0 Å². The number of esters is 1. The van der Waals surface area contributed by atoms with Gasteiger partial charge in [0.25, 0.3) is 0 Å². The number of hydrogen-bond donors (Lipinski definition) is 1. The highest BCUT2D eigenvalue weighted by Crippen LogP contribution is 2.33. The molecule has 6 nitrogen and oxygen atoms in total. The predicted molar refractivity (Wildman–Crippen MR) is 106 cm³/mol. The molecule has 0 saturated carbocycles. The molecule has 2 aromatic rings. The summed E-state index contributed by atoms with van der Waals surface area (Å²) in [7, 11) is 1.27. The number of rotatable bonds is 5. The molecule has 1 saturated heterocycles. The maximum absolute atomic E-state index is 13.8. The topological polar surface area (TPSA) is 67.3 Å². The fourth-order valence-electron chi connectivity index (χ4n) is 3.58. The number of anilines is 1. The summed E-state index contributed by atoms with van der Waals surface area (Å²) in [6.45, 7) is 5.96. The van der Waals surface area contributed by atoms with Crippen molar-refractivity contribution in [2.45, 2.75) is 32.5 Å². The summed E-state index contributed by atoms with van der Waals surface area (Å²) in [5.74, 6) is -0.156. The van der Waals surface area contributed by atoms with Crippen molar-refractivity contribution < 1.29 is 22.7 Å². The molecule has 0 spiro atoms. The van der Waals surface area contributed by atoms with Crippen molar-refractivity contribution in [1.29, 1.82) is 0 Å². The van der Waals surface area contributed by atoms with Crippen LogP contribution in [0.25, 0.3) is 0 Å². The molecule has 162 valence electrons. The maximum Gasteiger partial charge on any atom is 0.433 e. The zero-order valence-corrected chi connectivity index (χ0v) is 17.2. The van der Waals surface area contributed by atoms with Gasteiger partial charge < -0.3 is 15.0 Å². The molecule has 30 heavy (non-hydrogen) atoms. The molecule has 1 aromatic heterocycles. The molecule has 1 N–H and O–H groups in total. The van der Waals surface area contributed by atoms with E-state index >= 15 is 0 Å². The minimum absolute atomic E-state index is 0.00570. The van der Waals surface area contributed by atoms with Crippen molar-refractivity contribution >= 4 is 11.9 Å². The van der Waals surface area contributed by atoms with Crippen molar-refractivity contribution in [2.24, 2.45) is 5.92 Å². The lowest BCUT2D eigenvalue weighted by Crippen LogP contribution is -2.54. The average Bonchev–Trinajstić information content (AvgIpc) is 2.73. The van der Waals surface area contributed by atoms with E-state index in [0.29, 0.717) is 30.8 Å². The Hall–Kier alpha value is -2.68. The van der Waals surface area contributed by atoms with Gasteiger partial charge in [-0.15, -0.1) is 0 Å². The summed E-state index contributed by atoms with van der Waals surface area (Å²) in [4.78, 5) is 21.6. The van der Waals surface area contributed by atoms with Crippen molar-refractivity contribution in [3.63, 3.8) is 0 Å². The van der Waals surface area contributed by atoms with E-state index in [1.165, 1.54) is 25.4 Å². The molecule has 1 aromatic carbocycles. The van der Waals surface area contributed by atoms with Crippen LogP contribution in [0.1, 0.15) is 41.0 Å². The zero-order chi connectivity index (χ0) is 21.9. The summed E-state index contributed by atoms with van der Waals surface area (Å²) in [5, 5.41) is 3.27. The summed E-state index contributed by atoms with van der Waals surface area (Å²) in [6.07, 6.45) is -3.33. The van der Waals surface area contributed by atoms with Crippen LogP contribution in [-0.4, -0.2) is 48.7 Å². The molecule has 3 rings (SSSR count). The van der Waals surface area contributed by atoms with E-state index < -0.39 is 17.8 Å². The number of benzene rings is 1. The van der Waals surface area contributed by atoms with Gasteiger partial charge in [0, 0.05) is 43.9 Å². The van der Waals surface area contributed by atoms with Gasteiger partial charge >= 0.3 is 12.1 Å². The second kappa shape index (κ2) is 8.99. The molecule has 1 fully saturated rings. The summed E-state index contributed by atoms with van der Waals surface area (Å²) < 4.78 is 46.0. The standard InChI is InChI=1S/C21H25F3N4O2/c1-13(2)17-12-25-8-9-28(17)20-26-11-16(18(27-20)21(22,23)24)10-14-4-6-15(7-5-14)19(29)30-3/h4-7,11,13,17,25H,8-10,12H2,1-3H3. The molecule has 1 unspecified atom stereocenters. The molecule has 9 heteroatoms. The fourth-order valence-corrected chi connectivity index (χ4v) is 3.58. The highest BCUT2D eigenvalue weighted by atomic mass is 19.4. The molecule has 0 radical (unpaired) electrons. The highest BCUT2D eigenvalue weighted by Gasteiger charge is 2.37. The number of ether oxygens (including phenoxy) is 1. The number of hydrogen-bond acceptors (Lipinski definition) is 6. The number of alkyl halides is 3. The van der Waals surface area contributed by atoms with E-state index in [4.69, 9.17) is 0 Å². The van der Waals surface area contributed by atoms with Crippen LogP contribution in [0.15, 0.2) is 30.5 Å². The third-order valence-corrected chi connectivity index (χ3v) is 5.20. The van der Waals surface area contributed by atoms with Crippen LogP contribution in [-0.2, 0) is 17.3 Å². The Morgan fingerprint density at radius 3 is 2.60 bits per heavy atom. The highest BCUT2D eigenvalue weighted by molar-refractivity contribution is 5.89. The van der Waals surface area contributed by atoms with E-state index in [9.17, 15) is 18.0 Å². The first-order valence-corrected chi connectivity index (χ1v) is 9.78. The van der Waals surface area contributed by atoms with Gasteiger partial charge in [0.15, 0.2) is 5.69 Å². The van der Waals surface area contributed by atoms with Gasteiger partial charge in [-0.1, -0.05) is 26.0 Å². The fraction of sp³-hybridized carbons (Fsp3) is 0.476. The van der Waals surface area contributed by atoms with Crippen LogP contribution >= 0.6 is 0 Å². The monoisotopic (exact) mass is 422 g/mol. The van der Waals surface area contributed by atoms with Crippen LogP contribution in [0.3, 0.4) is 0 Å². The lowest BCUT2D eigenvalue weighted by molar-refractivity contribution is -0.141. The van der Waals surface area contributed by atoms with E-state index in [1.54, 1.807) is 12.1 Å². The number of carbonyl (C=O) groups excluding carboxylic acids is 1. The number of aromatic nitrogens is 2. The van der Waals surface area contributed by atoms with Gasteiger partial charge in [-0.05, 0) is 23.6 Å². The smallest absolute Gasteiger partial charge is 0.433 e. The van der Waals surface area contributed by atoms with Crippen LogP contribution in [0.5, 0.6) is 0 Å². The molecule has 0 amide bonds. The third kappa shape index (κ3) is 4.89. The summed E-state index contributed by atoms with van der Waals surface area (Å²) >= 11 is 0. The Balaban J connectivity index is 1.91. The van der Waals surface area contributed by atoms with Crippen molar-refractivity contribution in [3.8, 4) is 0 Å². The number of halogens is 3. The first-order valence-electron chi connectivity index (χ1n) is 9.78. The number of nitrogens with zero attached hydrogens (tertiary/aromatic N) is 3. The minimum Gasteiger partial charge on any atom is -0.465 e. The summed E-state index contributed by atoms with van der Waals surface area (Å²) in [6, 6.07) is 6.28. The third-order valence-electron chi connectivity index (χ3n) is 5.20. The van der Waals surface area contributed by atoms with Gasteiger partial charge in [-0.3, -0.25) is 0 Å². The van der Waals surface area contributed by atoms with E-state index in [2.05, 4.69) is 20.0 Å². The van der Waals surface area contributed by atoms with Crippen molar-refractivity contribution in [1.82, 2.24) is 15.3 Å². The number of methoxy groups -OCH3 is 1. The first kappa shape index (κ1) is 22.0.